The van der Waals surface area contributed by atoms with Crippen LogP contribution in [-0.2, 0) is 4.74 Å². The standard InChI is InChI=1S/C10H23N3O2/c1-3-5-9(8-15-2)12-7-4-6-10(11)13-14/h9,12,14H,3-8H2,1-2H3,(H2,11,13). The van der Waals surface area contributed by atoms with E-state index in [4.69, 9.17) is 15.7 Å². The summed E-state index contributed by atoms with van der Waals surface area (Å²) in [7, 11) is 1.71. The molecule has 15 heavy (non-hydrogen) atoms. The van der Waals surface area contributed by atoms with Crippen molar-refractivity contribution in [3.8, 4) is 0 Å². The summed E-state index contributed by atoms with van der Waals surface area (Å²) in [5.74, 6) is 0.288. The summed E-state index contributed by atoms with van der Waals surface area (Å²) >= 11 is 0. The molecule has 4 N–H and O–H groups in total. The highest BCUT2D eigenvalue weighted by Gasteiger charge is 2.05. The van der Waals surface area contributed by atoms with Crippen molar-refractivity contribution in [1.82, 2.24) is 5.32 Å². The number of hydrogen-bond donors (Lipinski definition) is 3. The zero-order chi connectivity index (χ0) is 11.5. The first-order valence-electron chi connectivity index (χ1n) is 5.43. The van der Waals surface area contributed by atoms with Crippen LogP contribution in [0.1, 0.15) is 32.6 Å². The smallest absolute Gasteiger partial charge is 0.139 e. The van der Waals surface area contributed by atoms with Gasteiger partial charge in [-0.3, -0.25) is 0 Å². The lowest BCUT2D eigenvalue weighted by molar-refractivity contribution is 0.162. The number of methoxy groups -OCH3 is 1. The van der Waals surface area contributed by atoms with Crippen LogP contribution >= 0.6 is 0 Å². The Bertz CT molecular complexity index is 168. The molecule has 1 unspecified atom stereocenters. The Morgan fingerprint density at radius 1 is 1.60 bits per heavy atom. The minimum absolute atomic E-state index is 0.288. The molecule has 0 bridgehead atoms. The van der Waals surface area contributed by atoms with Crippen LogP contribution in [0.4, 0.5) is 0 Å². The minimum atomic E-state index is 0.288. The summed E-state index contributed by atoms with van der Waals surface area (Å²) in [5.41, 5.74) is 5.35. The van der Waals surface area contributed by atoms with Gasteiger partial charge in [0, 0.05) is 19.6 Å². The van der Waals surface area contributed by atoms with Crippen LogP contribution in [0.5, 0.6) is 0 Å². The molecule has 0 aliphatic carbocycles. The third-order valence-corrected chi connectivity index (χ3v) is 2.18. The molecule has 0 spiro atoms. The zero-order valence-electron chi connectivity index (χ0n) is 9.70. The Morgan fingerprint density at radius 2 is 2.33 bits per heavy atom. The molecule has 90 valence electrons. The molecule has 0 radical (unpaired) electrons. The Labute approximate surface area is 91.7 Å². The van der Waals surface area contributed by atoms with Crippen LogP contribution in [-0.4, -0.2) is 37.3 Å². The first kappa shape index (κ1) is 14.2. The maximum atomic E-state index is 8.33. The van der Waals surface area contributed by atoms with Gasteiger partial charge >= 0.3 is 0 Å². The van der Waals surface area contributed by atoms with Crippen molar-refractivity contribution in [2.45, 2.75) is 38.6 Å². The first-order chi connectivity index (χ1) is 7.24. The van der Waals surface area contributed by atoms with Gasteiger partial charge in [-0.2, -0.15) is 0 Å². The zero-order valence-corrected chi connectivity index (χ0v) is 9.70. The van der Waals surface area contributed by atoms with Gasteiger partial charge in [0.2, 0.25) is 0 Å². The highest BCUT2D eigenvalue weighted by atomic mass is 16.5. The van der Waals surface area contributed by atoms with Crippen LogP contribution in [0.15, 0.2) is 5.16 Å². The number of oxime groups is 1. The summed E-state index contributed by atoms with van der Waals surface area (Å²) in [5, 5.41) is 14.6. The summed E-state index contributed by atoms with van der Waals surface area (Å²) in [6, 6.07) is 0.410. The predicted octanol–water partition coefficient (Wildman–Crippen LogP) is 0.918. The molecule has 1 atom stereocenters. The number of rotatable bonds is 9. The predicted molar refractivity (Wildman–Crippen MR) is 61.2 cm³/mol. The van der Waals surface area contributed by atoms with E-state index in [1.165, 1.54) is 0 Å². The van der Waals surface area contributed by atoms with Crippen molar-refractivity contribution in [3.63, 3.8) is 0 Å². The molecule has 0 aromatic heterocycles. The lowest BCUT2D eigenvalue weighted by Gasteiger charge is -2.16. The van der Waals surface area contributed by atoms with Crippen molar-refractivity contribution in [2.24, 2.45) is 10.9 Å². The molecule has 0 aromatic rings. The fourth-order valence-electron chi connectivity index (χ4n) is 1.42. The SMILES string of the molecule is CCCC(COC)NCCCC(N)=NO. The third-order valence-electron chi connectivity index (χ3n) is 2.18. The van der Waals surface area contributed by atoms with E-state index in [1.54, 1.807) is 7.11 Å². The van der Waals surface area contributed by atoms with Gasteiger partial charge in [-0.15, -0.1) is 0 Å². The highest BCUT2D eigenvalue weighted by Crippen LogP contribution is 1.97. The molecule has 0 aliphatic heterocycles. The third kappa shape index (κ3) is 8.20. The summed E-state index contributed by atoms with van der Waals surface area (Å²) in [6.07, 6.45) is 3.74. The Kier molecular flexibility index (Phi) is 9.21. The van der Waals surface area contributed by atoms with E-state index < -0.39 is 0 Å². The second-order valence-electron chi connectivity index (χ2n) is 3.59. The van der Waals surface area contributed by atoms with Crippen molar-refractivity contribution < 1.29 is 9.94 Å². The van der Waals surface area contributed by atoms with Gasteiger partial charge in [-0.25, -0.2) is 0 Å². The maximum absolute atomic E-state index is 8.33. The van der Waals surface area contributed by atoms with Gasteiger partial charge < -0.3 is 21.0 Å². The Balaban J connectivity index is 3.52. The van der Waals surface area contributed by atoms with Gasteiger partial charge in [0.25, 0.3) is 0 Å². The quantitative estimate of drug-likeness (QED) is 0.176. The van der Waals surface area contributed by atoms with E-state index in [0.717, 1.165) is 32.4 Å². The fourth-order valence-corrected chi connectivity index (χ4v) is 1.42. The average molecular weight is 217 g/mol. The maximum Gasteiger partial charge on any atom is 0.139 e. The molecule has 0 amide bonds. The lowest BCUT2D eigenvalue weighted by Crippen LogP contribution is -2.34. The summed E-state index contributed by atoms with van der Waals surface area (Å²) in [6.45, 7) is 3.75. The summed E-state index contributed by atoms with van der Waals surface area (Å²) < 4.78 is 5.10. The molecule has 0 fully saturated rings. The van der Waals surface area contributed by atoms with Gasteiger partial charge in [-0.1, -0.05) is 18.5 Å². The number of hydrogen-bond acceptors (Lipinski definition) is 4. The van der Waals surface area contributed by atoms with Crippen LogP contribution in [0.3, 0.4) is 0 Å². The van der Waals surface area contributed by atoms with Gasteiger partial charge in [-0.05, 0) is 19.4 Å². The van der Waals surface area contributed by atoms with Gasteiger partial charge in [0.15, 0.2) is 0 Å². The Hall–Kier alpha value is -0.810. The Morgan fingerprint density at radius 3 is 2.87 bits per heavy atom. The number of ether oxygens (including phenoxy) is 1. The van der Waals surface area contributed by atoms with Crippen LogP contribution < -0.4 is 11.1 Å². The molecule has 5 nitrogen and oxygen atoms in total. The van der Waals surface area contributed by atoms with Crippen molar-refractivity contribution >= 4 is 5.84 Å². The van der Waals surface area contributed by atoms with E-state index in [9.17, 15) is 0 Å². The number of amidine groups is 1. The van der Waals surface area contributed by atoms with Gasteiger partial charge in [0.1, 0.15) is 5.84 Å². The highest BCUT2D eigenvalue weighted by molar-refractivity contribution is 5.79. The molecule has 0 saturated heterocycles. The number of nitrogens with zero attached hydrogens (tertiary/aromatic N) is 1. The summed E-state index contributed by atoms with van der Waals surface area (Å²) in [4.78, 5) is 0. The fraction of sp³-hybridized carbons (Fsp3) is 0.900. The van der Waals surface area contributed by atoms with Crippen molar-refractivity contribution in [1.29, 1.82) is 0 Å². The molecular formula is C10H23N3O2. The van der Waals surface area contributed by atoms with Gasteiger partial charge in [0.05, 0.1) is 6.61 Å². The second-order valence-corrected chi connectivity index (χ2v) is 3.59. The second kappa shape index (κ2) is 9.73. The van der Waals surface area contributed by atoms with E-state index >= 15 is 0 Å². The van der Waals surface area contributed by atoms with Crippen LogP contribution in [0.25, 0.3) is 0 Å². The molecule has 0 aliphatic rings. The van der Waals surface area contributed by atoms with E-state index in [-0.39, 0.29) is 5.84 Å². The van der Waals surface area contributed by atoms with E-state index in [0.29, 0.717) is 12.5 Å². The van der Waals surface area contributed by atoms with Crippen LogP contribution in [0.2, 0.25) is 0 Å². The van der Waals surface area contributed by atoms with E-state index in [2.05, 4.69) is 17.4 Å². The lowest BCUT2D eigenvalue weighted by atomic mass is 10.1. The monoisotopic (exact) mass is 217 g/mol. The first-order valence-corrected chi connectivity index (χ1v) is 5.43. The van der Waals surface area contributed by atoms with E-state index in [1.807, 2.05) is 0 Å². The number of nitrogens with two attached hydrogens (primary N) is 1. The van der Waals surface area contributed by atoms with Crippen molar-refractivity contribution in [2.75, 3.05) is 20.3 Å². The molecular weight excluding hydrogens is 194 g/mol. The number of nitrogens with one attached hydrogen (secondary N) is 1. The topological polar surface area (TPSA) is 79.9 Å². The van der Waals surface area contributed by atoms with Crippen molar-refractivity contribution in [3.05, 3.63) is 0 Å². The molecule has 5 heteroatoms. The molecule has 0 rings (SSSR count). The molecule has 0 saturated carbocycles. The molecule has 0 aromatic carbocycles. The largest absolute Gasteiger partial charge is 0.409 e. The molecule has 0 heterocycles. The van der Waals surface area contributed by atoms with Crippen LogP contribution in [0, 0.1) is 0 Å². The average Bonchev–Trinajstić information content (AvgIpc) is 2.24. The normalized spacial score (nSPS) is 14.1. The minimum Gasteiger partial charge on any atom is -0.409 e.